The maximum atomic E-state index is 13.9. The molecular weight excluding hydrogens is 263 g/mol. The van der Waals surface area contributed by atoms with Crippen LogP contribution in [0, 0.1) is 5.82 Å². The number of benzene rings is 2. The lowest BCUT2D eigenvalue weighted by Gasteiger charge is -2.27. The lowest BCUT2D eigenvalue weighted by atomic mass is 10.0. The molecule has 2 rings (SSSR count). The Morgan fingerprint density at radius 2 is 1.71 bits per heavy atom. The SMILES string of the molecule is CCc1ccc(C(N)CN(CC)c2ccccc2F)cc1. The zero-order chi connectivity index (χ0) is 15.2. The molecule has 112 valence electrons. The first kappa shape index (κ1) is 15.5. The third kappa shape index (κ3) is 3.82. The van der Waals surface area contributed by atoms with Crippen molar-refractivity contribution < 1.29 is 4.39 Å². The summed E-state index contributed by atoms with van der Waals surface area (Å²) < 4.78 is 13.9. The van der Waals surface area contributed by atoms with Gasteiger partial charge in [-0.15, -0.1) is 0 Å². The summed E-state index contributed by atoms with van der Waals surface area (Å²) in [4.78, 5) is 1.98. The molecule has 0 amide bonds. The van der Waals surface area contributed by atoms with Gasteiger partial charge in [-0.1, -0.05) is 43.3 Å². The van der Waals surface area contributed by atoms with E-state index < -0.39 is 0 Å². The summed E-state index contributed by atoms with van der Waals surface area (Å²) in [5.74, 6) is -0.201. The van der Waals surface area contributed by atoms with Crippen LogP contribution in [0.2, 0.25) is 0 Å². The van der Waals surface area contributed by atoms with Crippen LogP contribution in [0.3, 0.4) is 0 Å². The van der Waals surface area contributed by atoms with Crippen LogP contribution in [-0.4, -0.2) is 13.1 Å². The van der Waals surface area contributed by atoms with E-state index in [-0.39, 0.29) is 11.9 Å². The number of halogens is 1. The second-order valence-electron chi connectivity index (χ2n) is 5.19. The third-order valence-electron chi connectivity index (χ3n) is 3.81. The Kier molecular flexibility index (Phi) is 5.34. The van der Waals surface area contributed by atoms with E-state index in [0.717, 1.165) is 18.5 Å². The van der Waals surface area contributed by atoms with E-state index >= 15 is 0 Å². The molecule has 0 saturated carbocycles. The fourth-order valence-electron chi connectivity index (χ4n) is 2.45. The molecule has 0 fully saturated rings. The number of anilines is 1. The lowest BCUT2D eigenvalue weighted by molar-refractivity contribution is 0.606. The van der Waals surface area contributed by atoms with E-state index in [9.17, 15) is 4.39 Å². The smallest absolute Gasteiger partial charge is 0.146 e. The molecule has 2 aromatic rings. The van der Waals surface area contributed by atoms with Gasteiger partial charge in [0.2, 0.25) is 0 Å². The Morgan fingerprint density at radius 1 is 1.05 bits per heavy atom. The minimum Gasteiger partial charge on any atom is -0.368 e. The van der Waals surface area contributed by atoms with Crippen LogP contribution in [0.15, 0.2) is 48.5 Å². The molecular formula is C18H23FN2. The summed E-state index contributed by atoms with van der Waals surface area (Å²) >= 11 is 0. The number of nitrogens with zero attached hydrogens (tertiary/aromatic N) is 1. The maximum Gasteiger partial charge on any atom is 0.146 e. The first-order valence-corrected chi connectivity index (χ1v) is 7.49. The van der Waals surface area contributed by atoms with E-state index in [1.165, 1.54) is 11.6 Å². The van der Waals surface area contributed by atoms with E-state index in [4.69, 9.17) is 5.73 Å². The van der Waals surface area contributed by atoms with E-state index in [1.807, 2.05) is 17.9 Å². The van der Waals surface area contributed by atoms with Gasteiger partial charge in [0.25, 0.3) is 0 Å². The van der Waals surface area contributed by atoms with E-state index in [1.54, 1.807) is 12.1 Å². The van der Waals surface area contributed by atoms with Crippen LogP contribution in [0.25, 0.3) is 0 Å². The lowest BCUT2D eigenvalue weighted by Crippen LogP contribution is -2.32. The predicted molar refractivity (Wildman–Crippen MR) is 87.0 cm³/mol. The number of para-hydroxylation sites is 1. The van der Waals surface area contributed by atoms with Gasteiger partial charge in [0, 0.05) is 19.1 Å². The van der Waals surface area contributed by atoms with Gasteiger partial charge in [-0.25, -0.2) is 4.39 Å². The summed E-state index contributed by atoms with van der Waals surface area (Å²) in [5, 5.41) is 0. The molecule has 0 aromatic heterocycles. The summed E-state index contributed by atoms with van der Waals surface area (Å²) in [6, 6.07) is 15.1. The van der Waals surface area contributed by atoms with Crippen molar-refractivity contribution in [1.82, 2.24) is 0 Å². The number of aryl methyl sites for hydroxylation is 1. The molecule has 21 heavy (non-hydrogen) atoms. The van der Waals surface area contributed by atoms with Gasteiger partial charge in [0.15, 0.2) is 0 Å². The van der Waals surface area contributed by atoms with Crippen molar-refractivity contribution in [2.75, 3.05) is 18.0 Å². The highest BCUT2D eigenvalue weighted by Crippen LogP contribution is 2.21. The third-order valence-corrected chi connectivity index (χ3v) is 3.81. The Bertz CT molecular complexity index is 566. The summed E-state index contributed by atoms with van der Waals surface area (Å²) in [7, 11) is 0. The van der Waals surface area contributed by atoms with Crippen LogP contribution < -0.4 is 10.6 Å². The first-order valence-electron chi connectivity index (χ1n) is 7.49. The molecule has 3 heteroatoms. The zero-order valence-corrected chi connectivity index (χ0v) is 12.7. The average molecular weight is 286 g/mol. The predicted octanol–water partition coefficient (Wildman–Crippen LogP) is 3.91. The monoisotopic (exact) mass is 286 g/mol. The van der Waals surface area contributed by atoms with Crippen molar-refractivity contribution in [3.05, 3.63) is 65.5 Å². The summed E-state index contributed by atoms with van der Waals surface area (Å²) in [6.07, 6.45) is 1.02. The van der Waals surface area contributed by atoms with Gasteiger partial charge >= 0.3 is 0 Å². The second kappa shape index (κ2) is 7.23. The number of hydrogen-bond donors (Lipinski definition) is 1. The molecule has 1 unspecified atom stereocenters. The Hall–Kier alpha value is -1.87. The number of hydrogen-bond acceptors (Lipinski definition) is 2. The van der Waals surface area contributed by atoms with Gasteiger partial charge in [-0.05, 0) is 36.6 Å². The van der Waals surface area contributed by atoms with Crippen molar-refractivity contribution >= 4 is 5.69 Å². The highest BCUT2D eigenvalue weighted by Gasteiger charge is 2.14. The fourth-order valence-corrected chi connectivity index (χ4v) is 2.45. The summed E-state index contributed by atoms with van der Waals surface area (Å²) in [6.45, 7) is 5.47. The molecule has 0 spiro atoms. The molecule has 2 aromatic carbocycles. The van der Waals surface area contributed by atoms with E-state index in [2.05, 4.69) is 31.2 Å². The second-order valence-corrected chi connectivity index (χ2v) is 5.19. The Labute approximate surface area is 126 Å². The van der Waals surface area contributed by atoms with Gasteiger partial charge in [-0.3, -0.25) is 0 Å². The molecule has 0 bridgehead atoms. The number of likely N-dealkylation sites (N-methyl/N-ethyl adjacent to an activating group) is 1. The minimum absolute atomic E-state index is 0.129. The molecule has 1 atom stereocenters. The van der Waals surface area contributed by atoms with Crippen LogP contribution in [-0.2, 0) is 6.42 Å². The Balaban J connectivity index is 2.12. The normalized spacial score (nSPS) is 12.2. The summed E-state index contributed by atoms with van der Waals surface area (Å²) in [5.41, 5.74) is 9.28. The minimum atomic E-state index is -0.201. The quantitative estimate of drug-likeness (QED) is 0.872. The van der Waals surface area contributed by atoms with Crippen molar-refractivity contribution in [3.8, 4) is 0 Å². The molecule has 0 radical (unpaired) electrons. The standard InChI is InChI=1S/C18H23FN2/c1-3-14-9-11-15(12-10-14)17(20)13-21(4-2)18-8-6-5-7-16(18)19/h5-12,17H,3-4,13,20H2,1-2H3. The number of nitrogens with two attached hydrogens (primary N) is 1. The molecule has 0 heterocycles. The zero-order valence-electron chi connectivity index (χ0n) is 12.7. The molecule has 0 aliphatic heterocycles. The van der Waals surface area contributed by atoms with Crippen molar-refractivity contribution in [2.24, 2.45) is 5.73 Å². The topological polar surface area (TPSA) is 29.3 Å². The highest BCUT2D eigenvalue weighted by molar-refractivity contribution is 5.48. The highest BCUT2D eigenvalue weighted by atomic mass is 19.1. The van der Waals surface area contributed by atoms with Crippen LogP contribution in [0.5, 0.6) is 0 Å². The van der Waals surface area contributed by atoms with Crippen LogP contribution in [0.4, 0.5) is 10.1 Å². The van der Waals surface area contributed by atoms with Crippen LogP contribution in [0.1, 0.15) is 31.0 Å². The maximum absolute atomic E-state index is 13.9. The van der Waals surface area contributed by atoms with Gasteiger partial charge in [-0.2, -0.15) is 0 Å². The molecule has 2 nitrogen and oxygen atoms in total. The molecule has 0 aliphatic carbocycles. The van der Waals surface area contributed by atoms with Gasteiger partial charge in [0.05, 0.1) is 5.69 Å². The number of rotatable bonds is 6. The molecule has 0 saturated heterocycles. The first-order chi connectivity index (χ1) is 10.2. The van der Waals surface area contributed by atoms with Crippen molar-refractivity contribution in [1.29, 1.82) is 0 Å². The van der Waals surface area contributed by atoms with Gasteiger partial charge in [0.1, 0.15) is 5.82 Å². The van der Waals surface area contributed by atoms with Crippen LogP contribution >= 0.6 is 0 Å². The fraction of sp³-hybridized carbons (Fsp3) is 0.333. The molecule has 2 N–H and O–H groups in total. The van der Waals surface area contributed by atoms with E-state index in [0.29, 0.717) is 12.2 Å². The average Bonchev–Trinajstić information content (AvgIpc) is 2.53. The molecule has 0 aliphatic rings. The largest absolute Gasteiger partial charge is 0.368 e. The van der Waals surface area contributed by atoms with Crippen molar-refractivity contribution in [3.63, 3.8) is 0 Å². The van der Waals surface area contributed by atoms with Crippen molar-refractivity contribution in [2.45, 2.75) is 26.3 Å². The van der Waals surface area contributed by atoms with Gasteiger partial charge < -0.3 is 10.6 Å². The Morgan fingerprint density at radius 3 is 2.29 bits per heavy atom.